The van der Waals surface area contributed by atoms with Crippen LogP contribution in [-0.2, 0) is 12.0 Å². The maximum atomic E-state index is 13.3. The summed E-state index contributed by atoms with van der Waals surface area (Å²) in [7, 11) is 0. The van der Waals surface area contributed by atoms with E-state index >= 15 is 0 Å². The van der Waals surface area contributed by atoms with Crippen LogP contribution in [0.5, 0.6) is 0 Å². The van der Waals surface area contributed by atoms with Gasteiger partial charge in [0.25, 0.3) is 0 Å². The Kier molecular flexibility index (Phi) is 5.36. The van der Waals surface area contributed by atoms with Gasteiger partial charge in [-0.15, -0.1) is 12.4 Å². The molecule has 0 atom stereocenters. The largest absolute Gasteiger partial charge is 0.305 e. The summed E-state index contributed by atoms with van der Waals surface area (Å²) in [6.07, 6.45) is 2.03. The molecule has 0 amide bonds. The Morgan fingerprint density at radius 1 is 0.839 bits per heavy atom. The third-order valence-corrected chi connectivity index (χ3v) is 5.66. The zero-order valence-electron chi connectivity index (χ0n) is 17.8. The van der Waals surface area contributed by atoms with Crippen LogP contribution < -0.4 is 0 Å². The molecule has 5 rings (SSSR count). The number of fused-ring (bicyclic) bond motifs is 3. The number of halogens is 2. The van der Waals surface area contributed by atoms with Gasteiger partial charge in [-0.3, -0.25) is 4.40 Å². The lowest BCUT2D eigenvalue weighted by molar-refractivity contribution is 0.590. The molecule has 0 saturated carbocycles. The van der Waals surface area contributed by atoms with E-state index in [1.54, 1.807) is 12.1 Å². The Labute approximate surface area is 187 Å². The first-order chi connectivity index (χ1) is 14.4. The van der Waals surface area contributed by atoms with Gasteiger partial charge in [0.1, 0.15) is 5.82 Å². The number of hydrogen-bond donors (Lipinski definition) is 0. The molecule has 0 saturated heterocycles. The van der Waals surface area contributed by atoms with Gasteiger partial charge in [0.2, 0.25) is 5.78 Å². The van der Waals surface area contributed by atoms with Crippen molar-refractivity contribution in [1.82, 2.24) is 14.0 Å². The van der Waals surface area contributed by atoms with E-state index in [2.05, 4.69) is 72.2 Å². The van der Waals surface area contributed by atoms with E-state index < -0.39 is 0 Å². The van der Waals surface area contributed by atoms with Crippen molar-refractivity contribution in [2.75, 3.05) is 0 Å². The molecule has 0 aliphatic rings. The predicted octanol–water partition coefficient (Wildman–Crippen LogP) is 6.86. The van der Waals surface area contributed by atoms with E-state index in [4.69, 9.17) is 4.98 Å². The second-order valence-electron chi connectivity index (χ2n) is 8.82. The van der Waals surface area contributed by atoms with Crippen LogP contribution in [0.3, 0.4) is 0 Å². The van der Waals surface area contributed by atoms with E-state index in [9.17, 15) is 4.39 Å². The Morgan fingerprint density at radius 2 is 1.48 bits per heavy atom. The lowest BCUT2D eigenvalue weighted by atomic mass is 9.87. The summed E-state index contributed by atoms with van der Waals surface area (Å²) < 4.78 is 17.7. The summed E-state index contributed by atoms with van der Waals surface area (Å²) >= 11 is 0. The minimum absolute atomic E-state index is 0. The van der Waals surface area contributed by atoms with Gasteiger partial charge >= 0.3 is 0 Å². The average Bonchev–Trinajstić information content (AvgIpc) is 3.28. The maximum Gasteiger partial charge on any atom is 0.215 e. The zero-order valence-corrected chi connectivity index (χ0v) is 18.7. The summed E-state index contributed by atoms with van der Waals surface area (Å²) in [6.45, 7) is 7.42. The molecule has 2 aromatic heterocycles. The van der Waals surface area contributed by atoms with Crippen LogP contribution in [0.25, 0.3) is 28.1 Å². The smallest absolute Gasteiger partial charge is 0.215 e. The van der Waals surface area contributed by atoms with Crippen LogP contribution in [0.4, 0.5) is 4.39 Å². The number of imidazole rings is 2. The molecule has 0 N–H and O–H groups in total. The van der Waals surface area contributed by atoms with Crippen molar-refractivity contribution in [3.63, 3.8) is 0 Å². The third kappa shape index (κ3) is 3.84. The minimum Gasteiger partial charge on any atom is -0.305 e. The molecule has 0 aliphatic heterocycles. The third-order valence-electron chi connectivity index (χ3n) is 5.66. The van der Waals surface area contributed by atoms with Crippen molar-refractivity contribution >= 4 is 29.2 Å². The second kappa shape index (κ2) is 7.86. The first-order valence-electron chi connectivity index (χ1n) is 10.2. The average molecular weight is 434 g/mol. The molecule has 5 aromatic rings. The first kappa shape index (κ1) is 21.1. The van der Waals surface area contributed by atoms with E-state index in [-0.39, 0.29) is 23.6 Å². The SMILES string of the molecule is CC(C)(C)c1ccc(Cn2c3ccccc3n3cc(-c4ccc(F)cc4)nc23)cc1.Cl. The molecule has 31 heavy (non-hydrogen) atoms. The van der Waals surface area contributed by atoms with E-state index in [0.717, 1.165) is 34.6 Å². The number of nitrogens with zero attached hydrogens (tertiary/aromatic N) is 3. The fourth-order valence-corrected chi connectivity index (χ4v) is 3.95. The van der Waals surface area contributed by atoms with Crippen LogP contribution in [0.2, 0.25) is 0 Å². The Morgan fingerprint density at radius 3 is 2.13 bits per heavy atom. The van der Waals surface area contributed by atoms with Crippen molar-refractivity contribution in [3.8, 4) is 11.3 Å². The highest BCUT2D eigenvalue weighted by atomic mass is 35.5. The van der Waals surface area contributed by atoms with Crippen molar-refractivity contribution in [2.45, 2.75) is 32.7 Å². The highest BCUT2D eigenvalue weighted by Gasteiger charge is 2.16. The Hall–Kier alpha value is -3.11. The van der Waals surface area contributed by atoms with Crippen molar-refractivity contribution in [1.29, 1.82) is 0 Å². The summed E-state index contributed by atoms with van der Waals surface area (Å²) in [5.41, 5.74) is 6.70. The molecule has 0 aliphatic carbocycles. The van der Waals surface area contributed by atoms with Crippen molar-refractivity contribution < 1.29 is 4.39 Å². The van der Waals surface area contributed by atoms with E-state index in [1.165, 1.54) is 23.3 Å². The van der Waals surface area contributed by atoms with Crippen molar-refractivity contribution in [2.24, 2.45) is 0 Å². The quantitative estimate of drug-likeness (QED) is 0.304. The number of benzene rings is 3. The van der Waals surface area contributed by atoms with Gasteiger partial charge in [-0.25, -0.2) is 9.37 Å². The number of rotatable bonds is 3. The molecule has 2 heterocycles. The summed E-state index contributed by atoms with van der Waals surface area (Å²) in [5, 5.41) is 0. The lowest BCUT2D eigenvalue weighted by Gasteiger charge is -2.19. The summed E-state index contributed by atoms with van der Waals surface area (Å²) in [4.78, 5) is 4.91. The molecule has 3 nitrogen and oxygen atoms in total. The molecule has 3 aromatic carbocycles. The molecule has 0 bridgehead atoms. The highest BCUT2D eigenvalue weighted by Crippen LogP contribution is 2.27. The fourth-order valence-electron chi connectivity index (χ4n) is 3.95. The van der Waals surface area contributed by atoms with Crippen LogP contribution in [0, 0.1) is 5.82 Å². The normalized spacial score (nSPS) is 11.7. The van der Waals surface area contributed by atoms with Gasteiger partial charge in [0.15, 0.2) is 0 Å². The van der Waals surface area contributed by atoms with E-state index in [1.807, 2.05) is 12.3 Å². The summed E-state index contributed by atoms with van der Waals surface area (Å²) in [5.74, 6) is 0.645. The summed E-state index contributed by atoms with van der Waals surface area (Å²) in [6, 6.07) is 23.7. The van der Waals surface area contributed by atoms with Gasteiger partial charge in [-0.05, 0) is 52.9 Å². The molecule has 158 valence electrons. The fraction of sp³-hybridized carbons (Fsp3) is 0.192. The predicted molar refractivity (Wildman–Crippen MR) is 128 cm³/mol. The van der Waals surface area contributed by atoms with Crippen LogP contribution in [-0.4, -0.2) is 14.0 Å². The van der Waals surface area contributed by atoms with E-state index in [0.29, 0.717) is 0 Å². The molecular weight excluding hydrogens is 409 g/mol. The van der Waals surface area contributed by atoms with Crippen LogP contribution >= 0.6 is 12.4 Å². The van der Waals surface area contributed by atoms with Crippen LogP contribution in [0.1, 0.15) is 31.9 Å². The van der Waals surface area contributed by atoms with Gasteiger partial charge in [0, 0.05) is 11.8 Å². The molecule has 0 radical (unpaired) electrons. The Bertz CT molecular complexity index is 1340. The molecule has 0 unspecified atom stereocenters. The number of para-hydroxylation sites is 2. The molecule has 0 fully saturated rings. The van der Waals surface area contributed by atoms with Crippen LogP contribution in [0.15, 0.2) is 79.0 Å². The maximum absolute atomic E-state index is 13.3. The lowest BCUT2D eigenvalue weighted by Crippen LogP contribution is -2.11. The number of aromatic nitrogens is 3. The Balaban J connectivity index is 0.00000231. The second-order valence-corrected chi connectivity index (χ2v) is 8.82. The van der Waals surface area contributed by atoms with Crippen molar-refractivity contribution in [3.05, 3.63) is 95.9 Å². The molecule has 0 spiro atoms. The highest BCUT2D eigenvalue weighted by molar-refractivity contribution is 5.85. The monoisotopic (exact) mass is 433 g/mol. The van der Waals surface area contributed by atoms with Gasteiger partial charge in [0.05, 0.1) is 23.3 Å². The van der Waals surface area contributed by atoms with Gasteiger partial charge < -0.3 is 4.57 Å². The first-order valence-corrected chi connectivity index (χ1v) is 10.2. The molecule has 5 heteroatoms. The van der Waals surface area contributed by atoms with Gasteiger partial charge in [-0.1, -0.05) is 57.2 Å². The number of hydrogen-bond acceptors (Lipinski definition) is 1. The standard InChI is InChI=1S/C26H24FN3.ClH/c1-26(2,3)20-12-8-18(9-13-20)16-29-23-6-4-5-7-24(23)30-17-22(28-25(29)30)19-10-14-21(27)15-11-19;/h4-15,17H,16H2,1-3H3;1H. The topological polar surface area (TPSA) is 22.2 Å². The molecular formula is C26H25ClFN3. The minimum atomic E-state index is -0.240. The van der Waals surface area contributed by atoms with Gasteiger partial charge in [-0.2, -0.15) is 0 Å². The zero-order chi connectivity index (χ0) is 20.9.